The van der Waals surface area contributed by atoms with Crippen molar-refractivity contribution >= 4 is 23.5 Å². The van der Waals surface area contributed by atoms with Crippen LogP contribution in [-0.4, -0.2) is 11.3 Å². The van der Waals surface area contributed by atoms with Crippen LogP contribution in [0.4, 0.5) is 4.39 Å². The zero-order valence-corrected chi connectivity index (χ0v) is 8.71. The van der Waals surface area contributed by atoms with Crippen LogP contribution < -0.4 is 0 Å². The van der Waals surface area contributed by atoms with Gasteiger partial charge in [-0.2, -0.15) is 17.0 Å². The molecule has 0 aromatic heterocycles. The van der Waals surface area contributed by atoms with Gasteiger partial charge < -0.3 is 0 Å². The van der Waals surface area contributed by atoms with E-state index in [0.717, 1.165) is 5.08 Å². The van der Waals surface area contributed by atoms with Gasteiger partial charge in [-0.1, -0.05) is 0 Å². The maximum Gasteiger partial charge on any atom is 0.138 e. The van der Waals surface area contributed by atoms with E-state index in [-0.39, 0.29) is 5.82 Å². The molecule has 0 amide bonds. The van der Waals surface area contributed by atoms with E-state index in [0.29, 0.717) is 10.5 Å². The molecular weight excluding hydrogens is 205 g/mol. The molecule has 1 aromatic carbocycles. The molecule has 0 saturated carbocycles. The number of nitriles is 1. The van der Waals surface area contributed by atoms with E-state index in [1.54, 1.807) is 23.9 Å². The Bertz CT molecular complexity index is 333. The van der Waals surface area contributed by atoms with Crippen LogP contribution in [0.3, 0.4) is 0 Å². The predicted octanol–water partition coefficient (Wildman–Crippen LogP) is 3.11. The summed E-state index contributed by atoms with van der Waals surface area (Å²) in [7, 11) is 0. The zero-order valence-electron chi connectivity index (χ0n) is 7.08. The molecular formula is C9H8FNS2. The highest BCUT2D eigenvalue weighted by Gasteiger charge is 2.02. The summed E-state index contributed by atoms with van der Waals surface area (Å²) in [6.45, 7) is 0. The Balaban J connectivity index is 2.81. The van der Waals surface area contributed by atoms with Gasteiger partial charge in [0, 0.05) is 9.98 Å². The fraction of sp³-hybridized carbons (Fsp3) is 0.222. The van der Waals surface area contributed by atoms with Gasteiger partial charge >= 0.3 is 0 Å². The molecule has 0 bridgehead atoms. The smallest absolute Gasteiger partial charge is 0.138 e. The molecule has 0 aliphatic carbocycles. The lowest BCUT2D eigenvalue weighted by Crippen LogP contribution is -1.83. The van der Waals surface area contributed by atoms with Crippen LogP contribution in [0.5, 0.6) is 0 Å². The highest BCUT2D eigenvalue weighted by Crippen LogP contribution is 2.24. The highest BCUT2D eigenvalue weighted by atomic mass is 32.2. The van der Waals surface area contributed by atoms with E-state index in [9.17, 15) is 4.39 Å². The summed E-state index contributed by atoms with van der Waals surface area (Å²) >= 11 is 3.09. The van der Waals surface area contributed by atoms with Gasteiger partial charge in [-0.3, -0.25) is 0 Å². The van der Waals surface area contributed by atoms with E-state index in [4.69, 9.17) is 5.26 Å². The fourth-order valence-corrected chi connectivity index (χ4v) is 2.15. The summed E-state index contributed by atoms with van der Waals surface area (Å²) in [5.74, 6) is -0.307. The molecule has 1 rings (SSSR count). The summed E-state index contributed by atoms with van der Waals surface area (Å²) in [5.41, 5.74) is 0.367. The van der Waals surface area contributed by atoms with Crippen molar-refractivity contribution in [2.75, 3.05) is 11.3 Å². The number of rotatable bonds is 3. The molecule has 13 heavy (non-hydrogen) atoms. The molecule has 0 atom stereocenters. The van der Waals surface area contributed by atoms with Crippen LogP contribution in [0.25, 0.3) is 0 Å². The Kier molecular flexibility index (Phi) is 4.13. The lowest BCUT2D eigenvalue weighted by molar-refractivity contribution is 0.601. The average Bonchev–Trinajstić information content (AvgIpc) is 2.16. The van der Waals surface area contributed by atoms with Crippen molar-refractivity contribution < 1.29 is 4.39 Å². The molecule has 0 N–H and O–H groups in total. The Morgan fingerprint density at radius 3 is 2.85 bits per heavy atom. The van der Waals surface area contributed by atoms with Crippen LogP contribution in [0.15, 0.2) is 23.1 Å². The van der Waals surface area contributed by atoms with Crippen molar-refractivity contribution in [2.24, 2.45) is 0 Å². The van der Waals surface area contributed by atoms with Gasteiger partial charge in [0.25, 0.3) is 0 Å². The molecule has 1 nitrogen and oxygen atoms in total. The molecule has 0 unspecified atom stereocenters. The van der Waals surface area contributed by atoms with Gasteiger partial charge in [-0.25, -0.2) is 4.39 Å². The van der Waals surface area contributed by atoms with Gasteiger partial charge in [0.1, 0.15) is 5.82 Å². The van der Waals surface area contributed by atoms with Gasteiger partial charge in [0.2, 0.25) is 0 Å². The zero-order chi connectivity index (χ0) is 9.68. The predicted molar refractivity (Wildman–Crippen MR) is 55.4 cm³/mol. The summed E-state index contributed by atoms with van der Waals surface area (Å²) < 4.78 is 13.2. The average molecular weight is 213 g/mol. The maximum atomic E-state index is 13.2. The minimum absolute atomic E-state index is 0.307. The molecule has 68 valence electrons. The van der Waals surface area contributed by atoms with Crippen LogP contribution in [-0.2, 0) is 0 Å². The van der Waals surface area contributed by atoms with Crippen molar-refractivity contribution in [1.29, 1.82) is 5.26 Å². The Labute approximate surface area is 85.3 Å². The van der Waals surface area contributed by atoms with Crippen LogP contribution >= 0.6 is 23.5 Å². The summed E-state index contributed by atoms with van der Waals surface area (Å²) in [4.78, 5) is 0.605. The second-order valence-corrected chi connectivity index (χ2v) is 4.56. The van der Waals surface area contributed by atoms with Gasteiger partial charge in [0.15, 0.2) is 0 Å². The molecule has 0 fully saturated rings. The first kappa shape index (κ1) is 10.4. The Morgan fingerprint density at radius 2 is 2.31 bits per heavy atom. The normalized spacial score (nSPS) is 9.62. The van der Waals surface area contributed by atoms with E-state index in [1.807, 2.05) is 12.3 Å². The van der Waals surface area contributed by atoms with E-state index < -0.39 is 0 Å². The number of hydrogen-bond donors (Lipinski definition) is 0. The molecule has 0 spiro atoms. The van der Waals surface area contributed by atoms with Crippen molar-refractivity contribution in [3.05, 3.63) is 29.6 Å². The van der Waals surface area contributed by atoms with Crippen molar-refractivity contribution in [3.63, 3.8) is 0 Å². The van der Waals surface area contributed by atoms with Gasteiger partial charge in [-0.15, -0.1) is 11.8 Å². The van der Waals surface area contributed by atoms with E-state index in [1.165, 1.54) is 17.8 Å². The molecule has 0 aliphatic rings. The lowest BCUT2D eigenvalue weighted by atomic mass is 10.2. The number of thioether (sulfide) groups is 2. The highest BCUT2D eigenvalue weighted by molar-refractivity contribution is 8.15. The third-order valence-electron chi connectivity index (χ3n) is 1.39. The first-order chi connectivity index (χ1) is 6.27. The number of nitrogens with zero attached hydrogens (tertiary/aromatic N) is 1. The van der Waals surface area contributed by atoms with E-state index in [2.05, 4.69) is 0 Å². The lowest BCUT2D eigenvalue weighted by Gasteiger charge is -2.00. The molecule has 0 heterocycles. The van der Waals surface area contributed by atoms with Crippen molar-refractivity contribution in [3.8, 4) is 6.07 Å². The number of benzene rings is 1. The first-order valence-corrected chi connectivity index (χ1v) is 5.97. The van der Waals surface area contributed by atoms with Crippen LogP contribution in [0.1, 0.15) is 5.56 Å². The third kappa shape index (κ3) is 2.94. The van der Waals surface area contributed by atoms with Gasteiger partial charge in [0.05, 0.1) is 11.6 Å². The second-order valence-electron chi connectivity index (χ2n) is 2.31. The number of halogens is 1. The minimum atomic E-state index is -0.307. The standard InChI is InChI=1S/C9H8FNS2/c1-12-6-13-9-3-2-7(5-11)4-8(9)10/h2-4H,6H2,1H3. The minimum Gasteiger partial charge on any atom is -0.206 e. The first-order valence-electron chi connectivity index (χ1n) is 3.59. The number of hydrogen-bond acceptors (Lipinski definition) is 3. The quantitative estimate of drug-likeness (QED) is 0.569. The van der Waals surface area contributed by atoms with Crippen molar-refractivity contribution in [1.82, 2.24) is 0 Å². The summed E-state index contributed by atoms with van der Waals surface area (Å²) in [5, 5.41) is 9.32. The fourth-order valence-electron chi connectivity index (χ4n) is 0.810. The van der Waals surface area contributed by atoms with E-state index >= 15 is 0 Å². The molecule has 0 radical (unpaired) electrons. The van der Waals surface area contributed by atoms with Crippen molar-refractivity contribution in [2.45, 2.75) is 4.90 Å². The summed E-state index contributed by atoms with van der Waals surface area (Å²) in [6.07, 6.45) is 1.97. The largest absolute Gasteiger partial charge is 0.206 e. The second kappa shape index (κ2) is 5.15. The van der Waals surface area contributed by atoms with Crippen LogP contribution in [0.2, 0.25) is 0 Å². The summed E-state index contributed by atoms with van der Waals surface area (Å²) in [6, 6.07) is 6.44. The molecule has 4 heteroatoms. The SMILES string of the molecule is CSCSc1ccc(C#N)cc1F. The van der Waals surface area contributed by atoms with Gasteiger partial charge in [-0.05, 0) is 24.5 Å². The molecule has 0 saturated heterocycles. The Morgan fingerprint density at radius 1 is 1.54 bits per heavy atom. The molecule has 1 aromatic rings. The monoisotopic (exact) mass is 213 g/mol. The molecule has 0 aliphatic heterocycles. The Hall–Kier alpha value is -0.660. The topological polar surface area (TPSA) is 23.8 Å². The van der Waals surface area contributed by atoms with Crippen LogP contribution in [0, 0.1) is 17.1 Å². The third-order valence-corrected chi connectivity index (χ3v) is 3.45. The maximum absolute atomic E-state index is 13.2.